The van der Waals surface area contributed by atoms with Crippen molar-refractivity contribution in [3.8, 4) is 0 Å². The molecule has 0 aliphatic carbocycles. The molecule has 0 saturated heterocycles. The van der Waals surface area contributed by atoms with Gasteiger partial charge in [-0.3, -0.25) is 4.79 Å². The first-order valence-corrected chi connectivity index (χ1v) is 6.86. The number of rotatable bonds is 9. The molecule has 0 aromatic heterocycles. The molecule has 0 aromatic carbocycles. The van der Waals surface area contributed by atoms with Crippen molar-refractivity contribution in [3.05, 3.63) is 0 Å². The van der Waals surface area contributed by atoms with Gasteiger partial charge in [-0.15, -0.1) is 0 Å². The van der Waals surface area contributed by atoms with Gasteiger partial charge in [0, 0.05) is 12.5 Å². The van der Waals surface area contributed by atoms with Gasteiger partial charge in [-0.1, -0.05) is 13.3 Å². The zero-order valence-electron chi connectivity index (χ0n) is 11.9. The highest BCUT2D eigenvalue weighted by atomic mass is 19.4. The lowest BCUT2D eigenvalue weighted by Crippen LogP contribution is -2.45. The molecule has 2 N–H and O–H groups in total. The second-order valence-corrected chi connectivity index (χ2v) is 4.95. The Balaban J connectivity index is 3.68. The lowest BCUT2D eigenvalue weighted by Gasteiger charge is -2.18. The highest BCUT2D eigenvalue weighted by Gasteiger charge is 2.25. The number of carbonyl (C=O) groups is 1. The van der Waals surface area contributed by atoms with Crippen LogP contribution in [0.4, 0.5) is 13.2 Å². The molecule has 0 aliphatic rings. The summed E-state index contributed by atoms with van der Waals surface area (Å²) >= 11 is 0. The van der Waals surface area contributed by atoms with Gasteiger partial charge in [0.25, 0.3) is 0 Å². The van der Waals surface area contributed by atoms with Crippen molar-refractivity contribution in [2.75, 3.05) is 6.54 Å². The van der Waals surface area contributed by atoms with E-state index in [9.17, 15) is 18.0 Å². The largest absolute Gasteiger partial charge is 0.389 e. The molecule has 0 aromatic rings. The van der Waals surface area contributed by atoms with E-state index < -0.39 is 12.6 Å². The number of hydrogen-bond donors (Lipinski definition) is 2. The van der Waals surface area contributed by atoms with Gasteiger partial charge in [-0.25, -0.2) is 0 Å². The van der Waals surface area contributed by atoms with Crippen molar-refractivity contribution in [3.63, 3.8) is 0 Å². The van der Waals surface area contributed by atoms with Gasteiger partial charge in [0.2, 0.25) is 5.91 Å². The Labute approximate surface area is 113 Å². The van der Waals surface area contributed by atoms with E-state index in [0.717, 1.165) is 12.8 Å². The van der Waals surface area contributed by atoms with E-state index in [-0.39, 0.29) is 24.4 Å². The molecule has 114 valence electrons. The fourth-order valence-electron chi connectivity index (χ4n) is 1.73. The molecule has 0 fully saturated rings. The zero-order valence-corrected chi connectivity index (χ0v) is 11.9. The maximum atomic E-state index is 11.9. The molecule has 0 spiro atoms. The molecule has 0 aliphatic heterocycles. The van der Waals surface area contributed by atoms with E-state index in [1.165, 1.54) is 0 Å². The number of halogens is 3. The number of unbranched alkanes of at least 4 members (excludes halogenated alkanes) is 1. The summed E-state index contributed by atoms with van der Waals surface area (Å²) in [6, 6.07) is -0.239. The van der Waals surface area contributed by atoms with Gasteiger partial charge in [0.05, 0.1) is 6.04 Å². The molecule has 19 heavy (non-hydrogen) atoms. The third-order valence-corrected chi connectivity index (χ3v) is 2.84. The molecule has 6 heteroatoms. The smallest absolute Gasteiger partial charge is 0.352 e. The van der Waals surface area contributed by atoms with Crippen LogP contribution in [-0.2, 0) is 4.79 Å². The summed E-state index contributed by atoms with van der Waals surface area (Å²) < 4.78 is 35.7. The summed E-state index contributed by atoms with van der Waals surface area (Å²) in [7, 11) is 0. The van der Waals surface area contributed by atoms with Crippen LogP contribution >= 0.6 is 0 Å². The lowest BCUT2D eigenvalue weighted by molar-refractivity contribution is -0.135. The number of alkyl halides is 3. The fraction of sp³-hybridized carbons (Fsp3) is 0.923. The molecule has 2 unspecified atom stereocenters. The Kier molecular flexibility index (Phi) is 8.80. The minimum atomic E-state index is -4.08. The predicted molar refractivity (Wildman–Crippen MR) is 69.9 cm³/mol. The lowest BCUT2D eigenvalue weighted by atomic mass is 10.2. The Morgan fingerprint density at radius 1 is 1.21 bits per heavy atom. The Bertz CT molecular complexity index is 257. The quantitative estimate of drug-likeness (QED) is 0.638. The monoisotopic (exact) mass is 282 g/mol. The summed E-state index contributed by atoms with van der Waals surface area (Å²) in [5, 5.41) is 5.80. The van der Waals surface area contributed by atoms with Crippen molar-refractivity contribution in [2.24, 2.45) is 0 Å². The normalized spacial score (nSPS) is 15.1. The van der Waals surface area contributed by atoms with Crippen LogP contribution in [0.5, 0.6) is 0 Å². The van der Waals surface area contributed by atoms with Crippen LogP contribution in [0.25, 0.3) is 0 Å². The van der Waals surface area contributed by atoms with Crippen LogP contribution in [0.2, 0.25) is 0 Å². The van der Waals surface area contributed by atoms with E-state index >= 15 is 0 Å². The maximum absolute atomic E-state index is 11.9. The van der Waals surface area contributed by atoms with Crippen LogP contribution in [0.15, 0.2) is 0 Å². The highest BCUT2D eigenvalue weighted by Crippen LogP contribution is 2.21. The Morgan fingerprint density at radius 2 is 1.84 bits per heavy atom. The number of hydrogen-bond acceptors (Lipinski definition) is 2. The first-order valence-electron chi connectivity index (χ1n) is 6.86. The van der Waals surface area contributed by atoms with Crippen molar-refractivity contribution in [2.45, 2.75) is 71.1 Å². The second kappa shape index (κ2) is 9.18. The molecule has 0 bridgehead atoms. The summed E-state index contributed by atoms with van der Waals surface area (Å²) in [6.45, 7) is 6.13. The third kappa shape index (κ3) is 10.8. The van der Waals surface area contributed by atoms with Crippen LogP contribution in [0.3, 0.4) is 0 Å². The first kappa shape index (κ1) is 18.2. The van der Waals surface area contributed by atoms with E-state index in [0.29, 0.717) is 13.0 Å². The summed E-state index contributed by atoms with van der Waals surface area (Å²) in [6.07, 6.45) is -2.41. The SMILES string of the molecule is CCCC(C)NC(=O)C(C)NCCCCC(F)(F)F. The number of amides is 1. The van der Waals surface area contributed by atoms with Crippen LogP contribution in [0, 0.1) is 0 Å². The number of nitrogens with one attached hydrogen (secondary N) is 2. The number of carbonyl (C=O) groups excluding carboxylic acids is 1. The van der Waals surface area contributed by atoms with Gasteiger partial charge in [0.15, 0.2) is 0 Å². The molecule has 1 amide bonds. The third-order valence-electron chi connectivity index (χ3n) is 2.84. The molecule has 0 radical (unpaired) electrons. The zero-order chi connectivity index (χ0) is 14.9. The van der Waals surface area contributed by atoms with Crippen LogP contribution < -0.4 is 10.6 Å². The highest BCUT2D eigenvalue weighted by molar-refractivity contribution is 5.81. The molecular weight excluding hydrogens is 257 g/mol. The molecular formula is C13H25F3N2O. The van der Waals surface area contributed by atoms with Gasteiger partial charge in [-0.05, 0) is 39.7 Å². The topological polar surface area (TPSA) is 41.1 Å². The van der Waals surface area contributed by atoms with Gasteiger partial charge in [0.1, 0.15) is 0 Å². The molecule has 0 heterocycles. The van der Waals surface area contributed by atoms with Crippen molar-refractivity contribution < 1.29 is 18.0 Å². The predicted octanol–water partition coefficient (Wildman–Crippen LogP) is 3.00. The average molecular weight is 282 g/mol. The standard InChI is InChI=1S/C13H25F3N2O/c1-4-7-10(2)18-12(19)11(3)17-9-6-5-8-13(14,15)16/h10-11,17H,4-9H2,1-3H3,(H,18,19). The second-order valence-electron chi connectivity index (χ2n) is 4.95. The minimum absolute atomic E-state index is 0.0943. The summed E-state index contributed by atoms with van der Waals surface area (Å²) in [5.74, 6) is -0.100. The maximum Gasteiger partial charge on any atom is 0.389 e. The molecule has 0 rings (SSSR count). The van der Waals surface area contributed by atoms with Crippen molar-refractivity contribution in [1.29, 1.82) is 0 Å². The van der Waals surface area contributed by atoms with E-state index in [2.05, 4.69) is 10.6 Å². The molecule has 0 saturated carbocycles. The van der Waals surface area contributed by atoms with Crippen molar-refractivity contribution in [1.82, 2.24) is 10.6 Å². The minimum Gasteiger partial charge on any atom is -0.352 e. The van der Waals surface area contributed by atoms with Crippen molar-refractivity contribution >= 4 is 5.91 Å². The molecule has 3 nitrogen and oxygen atoms in total. The van der Waals surface area contributed by atoms with Gasteiger partial charge in [-0.2, -0.15) is 13.2 Å². The average Bonchev–Trinajstić information content (AvgIpc) is 2.26. The van der Waals surface area contributed by atoms with Gasteiger partial charge >= 0.3 is 6.18 Å². The van der Waals surface area contributed by atoms with E-state index in [1.807, 2.05) is 13.8 Å². The van der Waals surface area contributed by atoms with Crippen LogP contribution in [-0.4, -0.2) is 30.7 Å². The summed E-state index contributed by atoms with van der Waals surface area (Å²) in [5.41, 5.74) is 0. The van der Waals surface area contributed by atoms with Gasteiger partial charge < -0.3 is 10.6 Å². The van der Waals surface area contributed by atoms with E-state index in [1.54, 1.807) is 6.92 Å². The summed E-state index contributed by atoms with van der Waals surface area (Å²) in [4.78, 5) is 11.7. The fourth-order valence-corrected chi connectivity index (χ4v) is 1.73. The first-order chi connectivity index (χ1) is 8.76. The van der Waals surface area contributed by atoms with Crippen LogP contribution in [0.1, 0.15) is 52.9 Å². The Morgan fingerprint density at radius 3 is 2.37 bits per heavy atom. The van der Waals surface area contributed by atoms with E-state index in [4.69, 9.17) is 0 Å². The Hall–Kier alpha value is -0.780. The molecule has 2 atom stereocenters.